The number of benzene rings is 1. The second kappa shape index (κ2) is 3.54. The molecule has 1 aromatic heterocycles. The smallest absolute Gasteiger partial charge is 0.123 e. The molecular formula is C12H13NS. The molecule has 0 bridgehead atoms. The number of rotatable bonds is 1. The number of thiazole rings is 1. The Bertz CT molecular complexity index is 457. The summed E-state index contributed by atoms with van der Waals surface area (Å²) in [7, 11) is 0. The largest absolute Gasteiger partial charge is 0.241 e. The van der Waals surface area contributed by atoms with Gasteiger partial charge in [0.05, 0.1) is 0 Å². The fourth-order valence-electron chi connectivity index (χ4n) is 1.44. The summed E-state index contributed by atoms with van der Waals surface area (Å²) >= 11 is 1.71. The van der Waals surface area contributed by atoms with Crippen molar-refractivity contribution in [3.05, 3.63) is 40.4 Å². The van der Waals surface area contributed by atoms with Crippen LogP contribution in [0.15, 0.2) is 23.6 Å². The summed E-state index contributed by atoms with van der Waals surface area (Å²) in [5.74, 6) is 0. The highest BCUT2D eigenvalue weighted by molar-refractivity contribution is 7.13. The molecule has 1 heterocycles. The van der Waals surface area contributed by atoms with Gasteiger partial charge in [0.1, 0.15) is 5.01 Å². The Hall–Kier alpha value is -1.15. The molecule has 2 aromatic rings. The number of aryl methyl sites for hydroxylation is 3. The maximum absolute atomic E-state index is 4.50. The predicted molar refractivity (Wildman–Crippen MR) is 61.8 cm³/mol. The molecule has 0 aliphatic rings. The molecule has 72 valence electrons. The van der Waals surface area contributed by atoms with Crippen molar-refractivity contribution in [3.8, 4) is 10.6 Å². The minimum atomic E-state index is 1.10. The number of nitrogens with zero attached hydrogens (tertiary/aromatic N) is 1. The highest BCUT2D eigenvalue weighted by atomic mass is 32.1. The summed E-state index contributed by atoms with van der Waals surface area (Å²) in [5.41, 5.74) is 4.96. The average Bonchev–Trinajstić information content (AvgIpc) is 2.56. The third kappa shape index (κ3) is 1.70. The molecular weight excluding hydrogens is 190 g/mol. The van der Waals surface area contributed by atoms with Gasteiger partial charge in [-0.2, -0.15) is 0 Å². The molecule has 0 aliphatic carbocycles. The fraction of sp³-hybridized carbons (Fsp3) is 0.250. The van der Waals surface area contributed by atoms with Crippen LogP contribution in [0, 0.1) is 20.8 Å². The third-order valence-corrected chi connectivity index (χ3v) is 3.24. The second-order valence-corrected chi connectivity index (χ2v) is 4.47. The second-order valence-electron chi connectivity index (χ2n) is 3.61. The molecule has 2 rings (SSSR count). The maximum Gasteiger partial charge on any atom is 0.123 e. The van der Waals surface area contributed by atoms with E-state index in [-0.39, 0.29) is 0 Å². The van der Waals surface area contributed by atoms with Gasteiger partial charge in [-0.15, -0.1) is 11.3 Å². The van der Waals surface area contributed by atoms with Gasteiger partial charge < -0.3 is 0 Å². The normalized spacial score (nSPS) is 10.5. The molecule has 1 aromatic carbocycles. The van der Waals surface area contributed by atoms with Crippen molar-refractivity contribution in [3.63, 3.8) is 0 Å². The molecule has 0 amide bonds. The molecule has 0 fully saturated rings. The van der Waals surface area contributed by atoms with Crippen molar-refractivity contribution in [1.29, 1.82) is 0 Å². The Morgan fingerprint density at radius 2 is 1.93 bits per heavy atom. The van der Waals surface area contributed by atoms with Crippen LogP contribution in [0.3, 0.4) is 0 Å². The lowest BCUT2D eigenvalue weighted by Crippen LogP contribution is -1.84. The molecule has 14 heavy (non-hydrogen) atoms. The summed E-state index contributed by atoms with van der Waals surface area (Å²) in [4.78, 5) is 4.50. The highest BCUT2D eigenvalue weighted by Crippen LogP contribution is 2.27. The van der Waals surface area contributed by atoms with Gasteiger partial charge in [0.2, 0.25) is 0 Å². The lowest BCUT2D eigenvalue weighted by atomic mass is 10.1. The Labute approximate surface area is 88.4 Å². The average molecular weight is 203 g/mol. The van der Waals surface area contributed by atoms with Crippen LogP contribution in [0.4, 0.5) is 0 Å². The van der Waals surface area contributed by atoms with Crippen molar-refractivity contribution in [2.45, 2.75) is 20.8 Å². The highest BCUT2D eigenvalue weighted by Gasteiger charge is 2.05. The molecule has 0 saturated heterocycles. The van der Waals surface area contributed by atoms with Crippen molar-refractivity contribution in [2.75, 3.05) is 0 Å². The first-order valence-electron chi connectivity index (χ1n) is 4.66. The Morgan fingerprint density at radius 1 is 1.14 bits per heavy atom. The van der Waals surface area contributed by atoms with Gasteiger partial charge in [-0.1, -0.05) is 17.7 Å². The maximum atomic E-state index is 4.50. The van der Waals surface area contributed by atoms with Crippen molar-refractivity contribution < 1.29 is 0 Å². The van der Waals surface area contributed by atoms with E-state index in [1.54, 1.807) is 11.3 Å². The van der Waals surface area contributed by atoms with E-state index in [1.165, 1.54) is 16.7 Å². The van der Waals surface area contributed by atoms with E-state index >= 15 is 0 Å². The number of hydrogen-bond acceptors (Lipinski definition) is 2. The van der Waals surface area contributed by atoms with E-state index in [1.807, 2.05) is 6.92 Å². The predicted octanol–water partition coefficient (Wildman–Crippen LogP) is 3.74. The van der Waals surface area contributed by atoms with Gasteiger partial charge in [0, 0.05) is 16.6 Å². The zero-order chi connectivity index (χ0) is 10.1. The molecule has 0 radical (unpaired) electrons. The van der Waals surface area contributed by atoms with Gasteiger partial charge in [-0.25, -0.2) is 4.98 Å². The van der Waals surface area contributed by atoms with Crippen LogP contribution in [0.1, 0.15) is 16.8 Å². The summed E-state index contributed by atoms with van der Waals surface area (Å²) in [5, 5.41) is 3.22. The summed E-state index contributed by atoms with van der Waals surface area (Å²) in [6.07, 6.45) is 0. The molecule has 1 nitrogen and oxygen atoms in total. The topological polar surface area (TPSA) is 12.9 Å². The van der Waals surface area contributed by atoms with Gasteiger partial charge in [0.15, 0.2) is 0 Å². The van der Waals surface area contributed by atoms with E-state index in [0.717, 1.165) is 10.7 Å². The first-order chi connectivity index (χ1) is 6.66. The van der Waals surface area contributed by atoms with E-state index in [4.69, 9.17) is 0 Å². The van der Waals surface area contributed by atoms with Crippen LogP contribution in [0.25, 0.3) is 10.6 Å². The summed E-state index contributed by atoms with van der Waals surface area (Å²) < 4.78 is 0. The molecule has 0 N–H and O–H groups in total. The van der Waals surface area contributed by atoms with E-state index in [2.05, 4.69) is 42.4 Å². The van der Waals surface area contributed by atoms with Crippen molar-refractivity contribution >= 4 is 11.3 Å². The van der Waals surface area contributed by atoms with Crippen LogP contribution < -0.4 is 0 Å². The molecule has 0 saturated carbocycles. The fourth-order valence-corrected chi connectivity index (χ4v) is 2.32. The standard InChI is InChI=1S/C12H13NS/c1-8-4-5-9(2)11(6-8)12-13-10(3)7-14-12/h4-7H,1-3H3. The van der Waals surface area contributed by atoms with Gasteiger partial charge in [-0.3, -0.25) is 0 Å². The van der Waals surface area contributed by atoms with Crippen LogP contribution >= 0.6 is 11.3 Å². The zero-order valence-electron chi connectivity index (χ0n) is 8.66. The molecule has 0 spiro atoms. The van der Waals surface area contributed by atoms with Crippen molar-refractivity contribution in [2.24, 2.45) is 0 Å². The van der Waals surface area contributed by atoms with Gasteiger partial charge in [0.25, 0.3) is 0 Å². The van der Waals surface area contributed by atoms with Crippen LogP contribution in [-0.2, 0) is 0 Å². The Balaban J connectivity index is 2.55. The first kappa shape index (κ1) is 9.41. The minimum absolute atomic E-state index is 1.10. The summed E-state index contributed by atoms with van der Waals surface area (Å²) in [6.45, 7) is 6.28. The van der Waals surface area contributed by atoms with E-state index in [0.29, 0.717) is 0 Å². The monoisotopic (exact) mass is 203 g/mol. The quantitative estimate of drug-likeness (QED) is 0.688. The van der Waals surface area contributed by atoms with Crippen molar-refractivity contribution in [1.82, 2.24) is 4.98 Å². The van der Waals surface area contributed by atoms with E-state index in [9.17, 15) is 0 Å². The first-order valence-corrected chi connectivity index (χ1v) is 5.54. The van der Waals surface area contributed by atoms with Crippen LogP contribution in [0.5, 0.6) is 0 Å². The lowest BCUT2D eigenvalue weighted by molar-refractivity contribution is 1.26. The van der Waals surface area contributed by atoms with Gasteiger partial charge >= 0.3 is 0 Å². The summed E-state index contributed by atoms with van der Waals surface area (Å²) in [6, 6.07) is 6.49. The lowest BCUT2D eigenvalue weighted by Gasteiger charge is -2.02. The third-order valence-electron chi connectivity index (χ3n) is 2.24. The SMILES string of the molecule is Cc1ccc(C)c(-c2nc(C)cs2)c1. The van der Waals surface area contributed by atoms with E-state index < -0.39 is 0 Å². The minimum Gasteiger partial charge on any atom is -0.241 e. The number of hydrogen-bond donors (Lipinski definition) is 0. The van der Waals surface area contributed by atoms with Crippen LogP contribution in [0.2, 0.25) is 0 Å². The zero-order valence-corrected chi connectivity index (χ0v) is 9.48. The van der Waals surface area contributed by atoms with Crippen LogP contribution in [-0.4, -0.2) is 4.98 Å². The molecule has 0 unspecified atom stereocenters. The Morgan fingerprint density at radius 3 is 2.57 bits per heavy atom. The Kier molecular flexibility index (Phi) is 2.38. The van der Waals surface area contributed by atoms with Gasteiger partial charge in [-0.05, 0) is 32.4 Å². The molecule has 0 aliphatic heterocycles. The number of aromatic nitrogens is 1. The molecule has 2 heteroatoms. The molecule has 0 atom stereocenters.